The van der Waals surface area contributed by atoms with Crippen LogP contribution in [0.25, 0.3) is 0 Å². The van der Waals surface area contributed by atoms with Crippen molar-refractivity contribution in [2.24, 2.45) is 0 Å². The van der Waals surface area contributed by atoms with Crippen LogP contribution in [0.2, 0.25) is 18.1 Å². The van der Waals surface area contributed by atoms with Crippen LogP contribution in [0.4, 0.5) is 0 Å². The third-order valence-corrected chi connectivity index (χ3v) is 8.29. The quantitative estimate of drug-likeness (QED) is 0.517. The van der Waals surface area contributed by atoms with Crippen LogP contribution in [0.3, 0.4) is 0 Å². The number of carbonyl (C=O) groups is 1. The minimum atomic E-state index is -1.63. The number of carbonyl (C=O) groups excluding carboxylic acids is 1. The van der Waals surface area contributed by atoms with E-state index >= 15 is 0 Å². The van der Waals surface area contributed by atoms with E-state index in [-0.39, 0.29) is 5.04 Å². The lowest BCUT2D eigenvalue weighted by atomic mass is 10.1. The first kappa shape index (κ1) is 17.8. The monoisotopic (exact) mass is 273 g/mol. The van der Waals surface area contributed by atoms with Crippen molar-refractivity contribution >= 4 is 14.1 Å². The summed E-state index contributed by atoms with van der Waals surface area (Å²) in [6, 6.07) is 0. The van der Waals surface area contributed by atoms with Crippen LogP contribution in [-0.4, -0.2) is 34.3 Å². The van der Waals surface area contributed by atoms with Gasteiger partial charge in [-0.2, -0.15) is 0 Å². The summed E-state index contributed by atoms with van der Waals surface area (Å²) in [4.78, 5) is 11.6. The predicted octanol–water partition coefficient (Wildman–Crippen LogP) is 3.36. The second-order valence-corrected chi connectivity index (χ2v) is 11.3. The Balaban J connectivity index is 3.71. The maximum absolute atomic E-state index is 11.6. The summed E-state index contributed by atoms with van der Waals surface area (Å²) in [5, 5.41) is 3.31. The maximum atomic E-state index is 11.6. The summed E-state index contributed by atoms with van der Waals surface area (Å²) in [5.41, 5.74) is 0. The first-order valence-corrected chi connectivity index (χ1v) is 9.92. The van der Waals surface area contributed by atoms with Crippen LogP contribution < -0.4 is 5.32 Å². The Bertz CT molecular complexity index is 247. The molecule has 0 spiro atoms. The number of Topliss-reactive ketones (excluding diaryl/α,β-unsaturated/α-hetero) is 1. The summed E-state index contributed by atoms with van der Waals surface area (Å²) in [6.07, 6.45) is 3.17. The average Bonchev–Trinajstić information content (AvgIpc) is 2.23. The minimum absolute atomic E-state index is 0.254. The minimum Gasteiger partial charge on any atom is -0.417 e. The van der Waals surface area contributed by atoms with Crippen molar-refractivity contribution < 1.29 is 9.22 Å². The van der Waals surface area contributed by atoms with E-state index in [1.165, 1.54) is 0 Å². The van der Waals surface area contributed by atoms with E-state index in [0.717, 1.165) is 26.0 Å². The zero-order chi connectivity index (χ0) is 14.2. The van der Waals surface area contributed by atoms with Crippen LogP contribution in [0.1, 0.15) is 46.5 Å². The highest BCUT2D eigenvalue weighted by Crippen LogP contribution is 2.36. The lowest BCUT2D eigenvalue weighted by Gasteiger charge is -2.36. The van der Waals surface area contributed by atoms with Crippen LogP contribution in [0.15, 0.2) is 0 Å². The third-order valence-electron chi connectivity index (χ3n) is 3.75. The molecule has 0 saturated carbocycles. The molecule has 0 fully saturated rings. The van der Waals surface area contributed by atoms with Gasteiger partial charge in [-0.3, -0.25) is 4.79 Å². The molecular weight excluding hydrogens is 242 g/mol. The maximum Gasteiger partial charge on any atom is 0.191 e. The fourth-order valence-electron chi connectivity index (χ4n) is 1.40. The van der Waals surface area contributed by atoms with Gasteiger partial charge in [0.1, 0.15) is 5.78 Å². The lowest BCUT2D eigenvalue weighted by Crippen LogP contribution is -2.41. The molecular formula is C14H31NO2Si. The molecule has 1 N–H and O–H groups in total. The fraction of sp³-hybridized carbons (Fsp3) is 0.929. The molecule has 0 unspecified atom stereocenters. The van der Waals surface area contributed by atoms with E-state index in [0.29, 0.717) is 18.6 Å². The molecule has 4 heteroatoms. The first-order valence-electron chi connectivity index (χ1n) is 7.01. The number of rotatable bonds is 9. The second kappa shape index (κ2) is 8.07. The molecule has 0 aliphatic heterocycles. The largest absolute Gasteiger partial charge is 0.417 e. The van der Waals surface area contributed by atoms with E-state index in [4.69, 9.17) is 4.43 Å². The van der Waals surface area contributed by atoms with Crippen molar-refractivity contribution in [3.8, 4) is 0 Å². The number of hydrogen-bond donors (Lipinski definition) is 1. The van der Waals surface area contributed by atoms with Crippen molar-refractivity contribution in [2.45, 2.75) is 64.6 Å². The predicted molar refractivity (Wildman–Crippen MR) is 80.6 cm³/mol. The second-order valence-electron chi connectivity index (χ2n) is 6.46. The van der Waals surface area contributed by atoms with Gasteiger partial charge in [0.05, 0.1) is 0 Å². The van der Waals surface area contributed by atoms with E-state index in [2.05, 4.69) is 39.2 Å². The molecule has 0 aliphatic carbocycles. The standard InChI is InChI=1S/C14H31NO2Si/c1-14(2,3)18(5,6)17-12-8-10-13(16)9-7-11-15-4/h15H,7-12H2,1-6H3. The Kier molecular flexibility index (Phi) is 7.99. The van der Waals surface area contributed by atoms with Gasteiger partial charge in [0, 0.05) is 19.4 Å². The topological polar surface area (TPSA) is 38.3 Å². The SMILES string of the molecule is CNCCCC(=O)CCCO[Si](C)(C)C(C)(C)C. The molecule has 0 atom stereocenters. The lowest BCUT2D eigenvalue weighted by molar-refractivity contribution is -0.119. The summed E-state index contributed by atoms with van der Waals surface area (Å²) >= 11 is 0. The molecule has 0 aromatic rings. The van der Waals surface area contributed by atoms with Gasteiger partial charge < -0.3 is 9.74 Å². The van der Waals surface area contributed by atoms with Gasteiger partial charge in [-0.15, -0.1) is 0 Å². The van der Waals surface area contributed by atoms with Gasteiger partial charge in [0.15, 0.2) is 8.32 Å². The number of ketones is 1. The smallest absolute Gasteiger partial charge is 0.191 e. The molecule has 0 bridgehead atoms. The highest BCUT2D eigenvalue weighted by molar-refractivity contribution is 6.74. The van der Waals surface area contributed by atoms with Gasteiger partial charge in [-0.1, -0.05) is 20.8 Å². The molecule has 0 aromatic heterocycles. The molecule has 0 aromatic carbocycles. The van der Waals surface area contributed by atoms with Gasteiger partial charge >= 0.3 is 0 Å². The Morgan fingerprint density at radius 2 is 1.72 bits per heavy atom. The highest BCUT2D eigenvalue weighted by atomic mass is 28.4. The Labute approximate surface area is 114 Å². The Hall–Kier alpha value is -0.193. The van der Waals surface area contributed by atoms with E-state index < -0.39 is 8.32 Å². The van der Waals surface area contributed by atoms with Crippen molar-refractivity contribution in [3.63, 3.8) is 0 Å². The normalized spacial score (nSPS) is 12.8. The molecule has 0 aliphatic rings. The third kappa shape index (κ3) is 7.29. The summed E-state index contributed by atoms with van der Waals surface area (Å²) < 4.78 is 6.04. The van der Waals surface area contributed by atoms with Crippen LogP contribution in [-0.2, 0) is 9.22 Å². The average molecular weight is 273 g/mol. The molecule has 0 saturated heterocycles. The van der Waals surface area contributed by atoms with Gasteiger partial charge in [-0.25, -0.2) is 0 Å². The van der Waals surface area contributed by atoms with E-state index in [9.17, 15) is 4.79 Å². The fourth-order valence-corrected chi connectivity index (χ4v) is 2.49. The summed E-state index contributed by atoms with van der Waals surface area (Å²) in [7, 11) is 0.285. The van der Waals surface area contributed by atoms with E-state index in [1.807, 2.05) is 7.05 Å². The molecule has 3 nitrogen and oxygen atoms in total. The van der Waals surface area contributed by atoms with E-state index in [1.54, 1.807) is 0 Å². The van der Waals surface area contributed by atoms with Crippen LogP contribution in [0, 0.1) is 0 Å². The highest BCUT2D eigenvalue weighted by Gasteiger charge is 2.36. The van der Waals surface area contributed by atoms with Gasteiger partial charge in [-0.05, 0) is 44.6 Å². The zero-order valence-corrected chi connectivity index (χ0v) is 14.1. The number of nitrogens with one attached hydrogen (secondary N) is 1. The summed E-state index contributed by atoms with van der Waals surface area (Å²) in [5.74, 6) is 0.365. The van der Waals surface area contributed by atoms with Gasteiger partial charge in [0.2, 0.25) is 0 Å². The Morgan fingerprint density at radius 3 is 2.22 bits per heavy atom. The summed E-state index contributed by atoms with van der Waals surface area (Å²) in [6.45, 7) is 12.9. The van der Waals surface area contributed by atoms with Crippen molar-refractivity contribution in [2.75, 3.05) is 20.2 Å². The molecule has 0 amide bonds. The van der Waals surface area contributed by atoms with Crippen molar-refractivity contribution in [1.82, 2.24) is 5.32 Å². The first-order chi connectivity index (χ1) is 8.20. The molecule has 0 radical (unpaired) electrons. The van der Waals surface area contributed by atoms with Crippen molar-refractivity contribution in [1.29, 1.82) is 0 Å². The zero-order valence-electron chi connectivity index (χ0n) is 13.1. The number of hydrogen-bond acceptors (Lipinski definition) is 3. The Morgan fingerprint density at radius 1 is 1.17 bits per heavy atom. The van der Waals surface area contributed by atoms with Crippen LogP contribution >= 0.6 is 0 Å². The molecule has 18 heavy (non-hydrogen) atoms. The van der Waals surface area contributed by atoms with Gasteiger partial charge in [0.25, 0.3) is 0 Å². The molecule has 108 valence electrons. The molecule has 0 heterocycles. The molecule has 0 rings (SSSR count). The van der Waals surface area contributed by atoms with Crippen LogP contribution in [0.5, 0.6) is 0 Å². The van der Waals surface area contributed by atoms with Crippen molar-refractivity contribution in [3.05, 3.63) is 0 Å².